The molecule has 2 rings (SSSR count). The Morgan fingerprint density at radius 1 is 1.47 bits per heavy atom. The van der Waals surface area contributed by atoms with Crippen LogP contribution in [0.2, 0.25) is 0 Å². The third-order valence-corrected chi connectivity index (χ3v) is 4.94. The van der Waals surface area contributed by atoms with Gasteiger partial charge in [0.2, 0.25) is 0 Å². The van der Waals surface area contributed by atoms with Crippen LogP contribution in [0.1, 0.15) is 24.2 Å². The van der Waals surface area contributed by atoms with Crippen molar-refractivity contribution >= 4 is 46.0 Å². The van der Waals surface area contributed by atoms with Crippen molar-refractivity contribution in [3.8, 4) is 0 Å². The third kappa shape index (κ3) is 3.39. The molecule has 1 N–H and O–H groups in total. The molecule has 1 aromatic rings. The zero-order valence-corrected chi connectivity index (χ0v) is 12.2. The topological polar surface area (TPSA) is 66.7 Å². The average Bonchev–Trinajstić information content (AvgIpc) is 2.37. The quantitative estimate of drug-likeness (QED) is 0.867. The summed E-state index contributed by atoms with van der Waals surface area (Å²) < 4.78 is 0. The Kier molecular flexibility index (Phi) is 4.31. The van der Waals surface area contributed by atoms with Gasteiger partial charge < -0.3 is 5.11 Å². The largest absolute Gasteiger partial charge is 0.480 e. The molecule has 1 aromatic carbocycles. The second kappa shape index (κ2) is 5.79. The molecule has 1 unspecified atom stereocenters. The lowest BCUT2D eigenvalue weighted by Crippen LogP contribution is -2.16. The van der Waals surface area contributed by atoms with Crippen molar-refractivity contribution in [1.82, 2.24) is 0 Å². The van der Waals surface area contributed by atoms with Gasteiger partial charge in [0.1, 0.15) is 5.25 Å². The molecule has 19 heavy (non-hydrogen) atoms. The molecule has 4 nitrogen and oxygen atoms in total. The average molecular weight is 295 g/mol. The number of carboxylic acids is 1. The molecule has 0 aliphatic carbocycles. The number of carbonyl (C=O) groups is 2. The number of hydrogen-bond donors (Lipinski definition) is 1. The number of carbonyl (C=O) groups excluding carboxylic acids is 1. The van der Waals surface area contributed by atoms with E-state index in [0.717, 1.165) is 15.6 Å². The van der Waals surface area contributed by atoms with Gasteiger partial charge in [0.05, 0.1) is 10.7 Å². The van der Waals surface area contributed by atoms with Crippen LogP contribution >= 0.6 is 23.5 Å². The standard InChI is InChI=1S/C13H13NO3S2/c1-7(15)9-3-4-11-10(5-9)14-12(6-18-11)19-8(2)13(16)17/h3-5,8H,6H2,1-2H3,(H,16,17). The van der Waals surface area contributed by atoms with Crippen molar-refractivity contribution in [3.05, 3.63) is 23.8 Å². The van der Waals surface area contributed by atoms with Gasteiger partial charge in [0, 0.05) is 16.2 Å². The van der Waals surface area contributed by atoms with E-state index >= 15 is 0 Å². The predicted octanol–water partition coefficient (Wildman–Crippen LogP) is 3.23. The van der Waals surface area contributed by atoms with Gasteiger partial charge in [0.15, 0.2) is 5.78 Å². The number of thioether (sulfide) groups is 2. The van der Waals surface area contributed by atoms with E-state index in [1.165, 1.54) is 18.7 Å². The van der Waals surface area contributed by atoms with E-state index in [4.69, 9.17) is 5.11 Å². The molecule has 0 amide bonds. The van der Waals surface area contributed by atoms with Crippen LogP contribution in [0.15, 0.2) is 28.1 Å². The molecular weight excluding hydrogens is 282 g/mol. The lowest BCUT2D eigenvalue weighted by atomic mass is 10.1. The maximum absolute atomic E-state index is 11.3. The Bertz CT molecular complexity index is 569. The molecule has 0 bridgehead atoms. The summed E-state index contributed by atoms with van der Waals surface area (Å²) in [7, 11) is 0. The van der Waals surface area contributed by atoms with E-state index in [0.29, 0.717) is 11.3 Å². The maximum atomic E-state index is 11.3. The van der Waals surface area contributed by atoms with E-state index in [-0.39, 0.29) is 5.78 Å². The monoisotopic (exact) mass is 295 g/mol. The van der Waals surface area contributed by atoms with Crippen LogP contribution < -0.4 is 0 Å². The van der Waals surface area contributed by atoms with Crippen molar-refractivity contribution in [2.75, 3.05) is 5.75 Å². The number of fused-ring (bicyclic) bond motifs is 1. The smallest absolute Gasteiger partial charge is 0.316 e. The number of benzene rings is 1. The van der Waals surface area contributed by atoms with Crippen molar-refractivity contribution in [2.45, 2.75) is 24.0 Å². The fourth-order valence-electron chi connectivity index (χ4n) is 1.57. The minimum absolute atomic E-state index is 0.00156. The number of hydrogen-bond acceptors (Lipinski definition) is 5. The number of aliphatic imine (C=N–C) groups is 1. The number of carboxylic acid groups (broad SMARTS) is 1. The van der Waals surface area contributed by atoms with Crippen molar-refractivity contribution in [2.24, 2.45) is 4.99 Å². The minimum Gasteiger partial charge on any atom is -0.480 e. The van der Waals surface area contributed by atoms with Crippen LogP contribution in [0.5, 0.6) is 0 Å². The number of Topliss-reactive ketones (excluding diaryl/α,β-unsaturated/α-hetero) is 1. The van der Waals surface area contributed by atoms with Gasteiger partial charge in [0.25, 0.3) is 0 Å². The van der Waals surface area contributed by atoms with E-state index in [2.05, 4.69) is 4.99 Å². The first-order chi connectivity index (χ1) is 8.97. The summed E-state index contributed by atoms with van der Waals surface area (Å²) >= 11 is 2.87. The van der Waals surface area contributed by atoms with E-state index in [1.54, 1.807) is 30.8 Å². The van der Waals surface area contributed by atoms with Gasteiger partial charge in [-0.3, -0.25) is 9.59 Å². The summed E-state index contributed by atoms with van der Waals surface area (Å²) in [6.07, 6.45) is 0. The van der Waals surface area contributed by atoms with Crippen LogP contribution in [0.4, 0.5) is 5.69 Å². The molecule has 1 atom stereocenters. The first-order valence-electron chi connectivity index (χ1n) is 5.72. The molecule has 1 aliphatic heterocycles. The maximum Gasteiger partial charge on any atom is 0.316 e. The summed E-state index contributed by atoms with van der Waals surface area (Å²) in [5.41, 5.74) is 1.38. The Hall–Kier alpha value is -1.27. The molecule has 0 fully saturated rings. The van der Waals surface area contributed by atoms with Crippen LogP contribution in [0, 0.1) is 0 Å². The Morgan fingerprint density at radius 2 is 2.21 bits per heavy atom. The summed E-state index contributed by atoms with van der Waals surface area (Å²) in [5, 5.41) is 9.17. The van der Waals surface area contributed by atoms with Crippen LogP contribution in [0.3, 0.4) is 0 Å². The summed E-state index contributed by atoms with van der Waals surface area (Å²) in [6.45, 7) is 3.16. The van der Waals surface area contributed by atoms with Crippen molar-refractivity contribution < 1.29 is 14.7 Å². The van der Waals surface area contributed by atoms with Crippen molar-refractivity contribution in [1.29, 1.82) is 0 Å². The molecule has 6 heteroatoms. The Balaban J connectivity index is 2.25. The first-order valence-corrected chi connectivity index (χ1v) is 7.58. The fourth-order valence-corrected chi connectivity index (χ4v) is 3.44. The van der Waals surface area contributed by atoms with Gasteiger partial charge >= 0.3 is 5.97 Å². The highest BCUT2D eigenvalue weighted by molar-refractivity contribution is 8.17. The first kappa shape index (κ1) is 14.1. The summed E-state index contributed by atoms with van der Waals surface area (Å²) in [6, 6.07) is 5.44. The van der Waals surface area contributed by atoms with E-state index in [1.807, 2.05) is 6.07 Å². The van der Waals surface area contributed by atoms with E-state index in [9.17, 15) is 9.59 Å². The molecule has 0 saturated carbocycles. The van der Waals surface area contributed by atoms with Gasteiger partial charge in [-0.05, 0) is 26.0 Å². The highest BCUT2D eigenvalue weighted by Gasteiger charge is 2.19. The summed E-state index contributed by atoms with van der Waals surface area (Å²) in [4.78, 5) is 27.7. The van der Waals surface area contributed by atoms with Gasteiger partial charge in [-0.1, -0.05) is 17.8 Å². The normalized spacial score (nSPS) is 15.4. The van der Waals surface area contributed by atoms with E-state index < -0.39 is 11.2 Å². The van der Waals surface area contributed by atoms with Crippen LogP contribution in [-0.4, -0.2) is 32.9 Å². The Morgan fingerprint density at radius 3 is 2.84 bits per heavy atom. The van der Waals surface area contributed by atoms with Crippen molar-refractivity contribution in [3.63, 3.8) is 0 Å². The molecular formula is C13H13NO3S2. The van der Waals surface area contributed by atoms with Crippen LogP contribution in [-0.2, 0) is 4.79 Å². The lowest BCUT2D eigenvalue weighted by Gasteiger charge is -2.16. The van der Waals surface area contributed by atoms with Gasteiger partial charge in [-0.25, -0.2) is 4.99 Å². The molecule has 100 valence electrons. The van der Waals surface area contributed by atoms with Gasteiger partial charge in [-0.2, -0.15) is 0 Å². The fraction of sp³-hybridized carbons (Fsp3) is 0.308. The Labute approximate surface area is 119 Å². The highest BCUT2D eigenvalue weighted by atomic mass is 32.2. The molecule has 1 aliphatic rings. The third-order valence-electron chi connectivity index (χ3n) is 2.62. The second-order valence-corrected chi connectivity index (χ2v) is 6.56. The molecule has 0 spiro atoms. The highest BCUT2D eigenvalue weighted by Crippen LogP contribution is 2.37. The molecule has 0 aromatic heterocycles. The number of ketones is 1. The molecule has 1 heterocycles. The number of aliphatic carboxylic acids is 1. The SMILES string of the molecule is CC(=O)c1ccc2c(c1)N=C(SC(C)C(=O)O)CS2. The predicted molar refractivity (Wildman–Crippen MR) is 79.0 cm³/mol. The molecule has 0 radical (unpaired) electrons. The second-order valence-electron chi connectivity index (χ2n) is 4.13. The van der Waals surface area contributed by atoms with Gasteiger partial charge in [-0.15, -0.1) is 11.8 Å². The lowest BCUT2D eigenvalue weighted by molar-refractivity contribution is -0.136. The number of nitrogens with zero attached hydrogens (tertiary/aromatic N) is 1. The zero-order valence-electron chi connectivity index (χ0n) is 10.5. The van der Waals surface area contributed by atoms with Crippen LogP contribution in [0.25, 0.3) is 0 Å². The summed E-state index contributed by atoms with van der Waals surface area (Å²) in [5.74, 6) is -0.169. The number of rotatable bonds is 3. The zero-order chi connectivity index (χ0) is 14.0. The minimum atomic E-state index is -0.846. The molecule has 0 saturated heterocycles.